The lowest BCUT2D eigenvalue weighted by molar-refractivity contribution is -0.255. The molecule has 0 spiro atoms. The maximum absolute atomic E-state index is 14.4. The van der Waals surface area contributed by atoms with Gasteiger partial charge in [-0.05, 0) is 119 Å². The van der Waals surface area contributed by atoms with Crippen molar-refractivity contribution in [3.8, 4) is 0 Å². The van der Waals surface area contributed by atoms with Gasteiger partial charge < -0.3 is 23.9 Å². The monoisotopic (exact) mass is 723 g/mol. The Kier molecular flexibility index (Phi) is 11.5. The summed E-state index contributed by atoms with van der Waals surface area (Å²) in [7, 11) is 1.45. The van der Waals surface area contributed by atoms with Crippen LogP contribution in [0.25, 0.3) is 0 Å². The second kappa shape index (κ2) is 15.2. The van der Waals surface area contributed by atoms with Crippen molar-refractivity contribution in [2.45, 2.75) is 169 Å². The van der Waals surface area contributed by atoms with Gasteiger partial charge in [-0.15, -0.1) is 0 Å². The van der Waals surface area contributed by atoms with E-state index in [0.29, 0.717) is 13.0 Å². The number of imidazole rings is 1. The smallest absolute Gasteiger partial charge is 0.312 e. The van der Waals surface area contributed by atoms with Crippen molar-refractivity contribution in [3.05, 3.63) is 30.9 Å². The van der Waals surface area contributed by atoms with Crippen molar-refractivity contribution < 1.29 is 28.9 Å². The largest absolute Gasteiger partial charge is 0.469 e. The Bertz CT molecular complexity index is 1430. The Morgan fingerprint density at radius 2 is 1.63 bits per heavy atom. The molecule has 8 nitrogen and oxygen atoms in total. The number of carbonyl (C=O) groups excluding carboxylic acids is 2. The number of fused-ring (bicyclic) bond motifs is 7. The number of hydrogen-bond donors (Lipinski definition) is 1. The standard InChI is InChI=1S/C44H70N2O6/c1-30(2)31-17-20-44(39(49)51-26-16-14-12-10-9-11-13-15-24-46-25-23-45-29-46)22-21-41(5)32(37(31)44)27-33(47)38-42(41,6)19-18-34-40(3,4)52-35(43(34,38)7)28-36(48)50-8/h23,25,29,31-35,37-38,47H,1,9-22,24,26-28H2,2-8H3/t31-,32+,33+,34?,35?,37+,38-,41+,42+,43+,44-/m0/s1. The summed E-state index contributed by atoms with van der Waals surface area (Å²) >= 11 is 0. The number of carbonyl (C=O) groups is 2. The van der Waals surface area contributed by atoms with E-state index in [-0.39, 0.29) is 70.3 Å². The molecule has 0 bridgehead atoms. The first kappa shape index (κ1) is 39.5. The van der Waals surface area contributed by atoms with E-state index >= 15 is 0 Å². The second-order valence-corrected chi connectivity index (χ2v) is 19.1. The number of aliphatic hydroxyl groups excluding tert-OH is 1. The first-order valence-electron chi connectivity index (χ1n) is 20.9. The van der Waals surface area contributed by atoms with E-state index in [0.717, 1.165) is 63.5 Å². The lowest BCUT2D eigenvalue weighted by Crippen LogP contribution is -2.69. The van der Waals surface area contributed by atoms with Crippen molar-refractivity contribution in [2.24, 2.45) is 51.2 Å². The van der Waals surface area contributed by atoms with Crippen LogP contribution in [0, 0.1) is 51.2 Å². The van der Waals surface area contributed by atoms with Gasteiger partial charge in [-0.25, -0.2) is 4.98 Å². The van der Waals surface area contributed by atoms with E-state index < -0.39 is 17.1 Å². The van der Waals surface area contributed by atoms with Gasteiger partial charge in [0.1, 0.15) is 0 Å². The molecule has 292 valence electrons. The SMILES string of the molecule is C=C(C)[C@@H]1CC[C@]2(C(=O)OCCCCCCCCCCn3ccnc3)CC[C@]3(C)[C@H](C[C@@H](O)[C@@H]4[C@@]5(C)C(CC(=O)OC)OC(C)(C)C5CC[C@]43C)[C@@H]12. The molecule has 2 heterocycles. The van der Waals surface area contributed by atoms with Gasteiger partial charge in [-0.1, -0.05) is 71.4 Å². The molecule has 2 unspecified atom stereocenters. The Labute approximate surface area is 314 Å². The van der Waals surface area contributed by atoms with E-state index in [2.05, 4.69) is 57.7 Å². The highest BCUT2D eigenvalue weighted by atomic mass is 16.5. The molecule has 4 saturated carbocycles. The normalized spacial score (nSPS) is 40.3. The second-order valence-electron chi connectivity index (χ2n) is 19.1. The fourth-order valence-corrected chi connectivity index (χ4v) is 13.6. The van der Waals surface area contributed by atoms with Crippen molar-refractivity contribution in [2.75, 3.05) is 13.7 Å². The first-order valence-corrected chi connectivity index (χ1v) is 20.9. The number of rotatable bonds is 15. The van der Waals surface area contributed by atoms with Gasteiger partial charge in [0.15, 0.2) is 0 Å². The van der Waals surface area contributed by atoms with Crippen molar-refractivity contribution >= 4 is 11.9 Å². The zero-order chi connectivity index (χ0) is 37.5. The topological polar surface area (TPSA) is 99.9 Å². The summed E-state index contributed by atoms with van der Waals surface area (Å²) in [4.78, 5) is 31.2. The molecule has 52 heavy (non-hydrogen) atoms. The number of aromatic nitrogens is 2. The first-order chi connectivity index (χ1) is 24.7. The van der Waals surface area contributed by atoms with Crippen molar-refractivity contribution in [3.63, 3.8) is 0 Å². The summed E-state index contributed by atoms with van der Waals surface area (Å²) in [6, 6.07) is 0. The van der Waals surface area contributed by atoms with Crippen LogP contribution in [0.15, 0.2) is 30.9 Å². The van der Waals surface area contributed by atoms with Crippen LogP contribution in [0.2, 0.25) is 0 Å². The molecule has 6 rings (SSSR count). The predicted octanol–water partition coefficient (Wildman–Crippen LogP) is 9.10. The third-order valence-corrected chi connectivity index (χ3v) is 16.3. The lowest BCUT2D eigenvalue weighted by Gasteiger charge is -2.71. The molecule has 1 aromatic rings. The van der Waals surface area contributed by atoms with E-state index in [4.69, 9.17) is 14.2 Å². The molecule has 1 aliphatic heterocycles. The molecule has 0 radical (unpaired) electrons. The fourth-order valence-electron chi connectivity index (χ4n) is 13.6. The molecule has 1 N–H and O–H groups in total. The molecular weight excluding hydrogens is 652 g/mol. The van der Waals surface area contributed by atoms with Crippen LogP contribution in [0.1, 0.15) is 144 Å². The number of ether oxygens (including phenoxy) is 3. The van der Waals surface area contributed by atoms with Crippen molar-refractivity contribution in [1.82, 2.24) is 9.55 Å². The summed E-state index contributed by atoms with van der Waals surface area (Å²) in [5.41, 5.74) is -0.394. The zero-order valence-corrected chi connectivity index (χ0v) is 33.6. The fraction of sp³-hybridized carbons (Fsp3) is 0.841. The van der Waals surface area contributed by atoms with E-state index in [9.17, 15) is 14.7 Å². The summed E-state index contributed by atoms with van der Waals surface area (Å²) in [5.74, 6) is 0.499. The number of unbranched alkanes of at least 4 members (excludes halogenated alkanes) is 7. The summed E-state index contributed by atoms with van der Waals surface area (Å²) in [5, 5.41) is 12.5. The van der Waals surface area contributed by atoms with Gasteiger partial charge in [0.05, 0.1) is 49.7 Å². The quantitative estimate of drug-likeness (QED) is 0.110. The van der Waals surface area contributed by atoms with Crippen LogP contribution in [0.5, 0.6) is 0 Å². The maximum Gasteiger partial charge on any atom is 0.312 e. The average molecular weight is 723 g/mol. The van der Waals surface area contributed by atoms with Gasteiger partial charge in [-0.2, -0.15) is 0 Å². The summed E-state index contributed by atoms with van der Waals surface area (Å²) < 4.78 is 20.3. The highest BCUT2D eigenvalue weighted by Gasteiger charge is 2.76. The highest BCUT2D eigenvalue weighted by Crippen LogP contribution is 2.77. The Morgan fingerprint density at radius 1 is 0.942 bits per heavy atom. The third kappa shape index (κ3) is 6.62. The predicted molar refractivity (Wildman–Crippen MR) is 203 cm³/mol. The van der Waals surface area contributed by atoms with Gasteiger partial charge >= 0.3 is 11.9 Å². The Balaban J connectivity index is 1.11. The molecule has 0 aromatic carbocycles. The van der Waals surface area contributed by atoms with Crippen LogP contribution in [-0.2, 0) is 30.3 Å². The number of aliphatic hydroxyl groups is 1. The Hall–Kier alpha value is -2.19. The van der Waals surface area contributed by atoms with Gasteiger partial charge in [0.25, 0.3) is 0 Å². The number of hydrogen-bond acceptors (Lipinski definition) is 7. The maximum atomic E-state index is 14.4. The molecule has 8 heteroatoms. The zero-order valence-electron chi connectivity index (χ0n) is 33.6. The van der Waals surface area contributed by atoms with Gasteiger partial charge in [0, 0.05) is 24.4 Å². The van der Waals surface area contributed by atoms with Crippen LogP contribution >= 0.6 is 0 Å². The summed E-state index contributed by atoms with van der Waals surface area (Å²) in [6.07, 6.45) is 20.8. The Morgan fingerprint density at radius 3 is 2.29 bits per heavy atom. The van der Waals surface area contributed by atoms with E-state index in [1.807, 2.05) is 18.7 Å². The third-order valence-electron chi connectivity index (χ3n) is 16.3. The van der Waals surface area contributed by atoms with E-state index in [1.54, 1.807) is 0 Å². The highest BCUT2D eigenvalue weighted by molar-refractivity contribution is 5.78. The molecular formula is C44H70N2O6. The molecule has 4 aliphatic carbocycles. The van der Waals surface area contributed by atoms with Gasteiger partial charge in [0.2, 0.25) is 0 Å². The molecule has 5 aliphatic rings. The number of aryl methyl sites for hydroxylation is 1. The average Bonchev–Trinajstić information content (AvgIpc) is 3.80. The van der Waals surface area contributed by atoms with E-state index in [1.165, 1.54) is 45.6 Å². The number of allylic oxidation sites excluding steroid dienone is 1. The van der Waals surface area contributed by atoms with Crippen LogP contribution in [0.3, 0.4) is 0 Å². The summed E-state index contributed by atoms with van der Waals surface area (Å²) in [6.45, 7) is 19.7. The lowest BCUT2D eigenvalue weighted by atomic mass is 9.33. The minimum Gasteiger partial charge on any atom is -0.469 e. The van der Waals surface area contributed by atoms with Crippen LogP contribution < -0.4 is 0 Å². The van der Waals surface area contributed by atoms with Crippen LogP contribution in [-0.4, -0.2) is 58.1 Å². The van der Waals surface area contributed by atoms with Gasteiger partial charge in [-0.3, -0.25) is 9.59 Å². The number of methoxy groups -OCH3 is 1. The molecule has 11 atom stereocenters. The molecule has 1 saturated heterocycles. The van der Waals surface area contributed by atoms with Crippen LogP contribution in [0.4, 0.5) is 0 Å². The number of nitrogens with zero attached hydrogens (tertiary/aromatic N) is 2. The number of esters is 2. The molecule has 0 amide bonds. The molecule has 1 aromatic heterocycles. The minimum atomic E-state index is -0.552. The molecule has 5 fully saturated rings. The minimum absolute atomic E-state index is 0.00251. The van der Waals surface area contributed by atoms with Crippen molar-refractivity contribution in [1.29, 1.82) is 0 Å².